The number of fused-ring (bicyclic) bond motifs is 1. The fourth-order valence-corrected chi connectivity index (χ4v) is 4.87. The Morgan fingerprint density at radius 2 is 1.85 bits per heavy atom. The summed E-state index contributed by atoms with van der Waals surface area (Å²) in [5.74, 6) is -0.0873. The van der Waals surface area contributed by atoms with Crippen LogP contribution in [-0.2, 0) is 10.0 Å². The first-order valence-electron chi connectivity index (χ1n) is 10.6. The number of benzene rings is 2. The van der Waals surface area contributed by atoms with Crippen molar-refractivity contribution in [3.05, 3.63) is 71.6 Å². The maximum atomic E-state index is 13.6. The summed E-state index contributed by atoms with van der Waals surface area (Å²) in [6.07, 6.45) is 3.26. The zero-order chi connectivity index (χ0) is 24.2. The van der Waals surface area contributed by atoms with Crippen LogP contribution < -0.4 is 4.74 Å². The average Bonchev–Trinajstić information content (AvgIpc) is 3.17. The number of hydrogen-bond donors (Lipinski definition) is 0. The Bertz CT molecular complexity index is 1340. The molecule has 0 bridgehead atoms. The van der Waals surface area contributed by atoms with Gasteiger partial charge in [0, 0.05) is 25.7 Å². The molecule has 8 heteroatoms. The lowest BCUT2D eigenvalue weighted by atomic mass is 10.1. The van der Waals surface area contributed by atoms with Crippen molar-refractivity contribution in [2.24, 2.45) is 0 Å². The molecule has 0 aliphatic rings. The van der Waals surface area contributed by atoms with E-state index in [2.05, 4.69) is 6.92 Å². The summed E-state index contributed by atoms with van der Waals surface area (Å²) in [5, 5.41) is 10.1. The van der Waals surface area contributed by atoms with E-state index in [4.69, 9.17) is 4.74 Å². The maximum Gasteiger partial charge on any atom is 0.268 e. The van der Waals surface area contributed by atoms with E-state index < -0.39 is 15.8 Å². The summed E-state index contributed by atoms with van der Waals surface area (Å²) in [5.41, 5.74) is 0.981. The topological polar surface area (TPSA) is 92.4 Å². The zero-order valence-electron chi connectivity index (χ0n) is 19.2. The molecule has 33 heavy (non-hydrogen) atoms. The predicted octanol–water partition coefficient (Wildman–Crippen LogP) is 4.52. The van der Waals surface area contributed by atoms with Crippen LogP contribution in [0.15, 0.2) is 65.2 Å². The van der Waals surface area contributed by atoms with Gasteiger partial charge < -0.3 is 9.64 Å². The van der Waals surface area contributed by atoms with Gasteiger partial charge in [0.1, 0.15) is 23.1 Å². The smallest absolute Gasteiger partial charge is 0.268 e. The quantitative estimate of drug-likeness (QED) is 0.200. The predicted molar refractivity (Wildman–Crippen MR) is 128 cm³/mol. The highest BCUT2D eigenvalue weighted by Crippen LogP contribution is 2.30. The van der Waals surface area contributed by atoms with Gasteiger partial charge in [0.05, 0.1) is 17.0 Å². The second-order valence-corrected chi connectivity index (χ2v) is 9.77. The van der Waals surface area contributed by atoms with E-state index in [1.807, 2.05) is 13.0 Å². The minimum absolute atomic E-state index is 0.0537. The van der Waals surface area contributed by atoms with E-state index in [9.17, 15) is 18.5 Å². The van der Waals surface area contributed by atoms with Gasteiger partial charge in [0.25, 0.3) is 10.0 Å². The van der Waals surface area contributed by atoms with Gasteiger partial charge in [-0.25, -0.2) is 12.4 Å². The number of nitriles is 1. The monoisotopic (exact) mass is 465 g/mol. The van der Waals surface area contributed by atoms with Crippen LogP contribution in [0.5, 0.6) is 5.75 Å². The number of ketones is 1. The van der Waals surface area contributed by atoms with Gasteiger partial charge in [-0.2, -0.15) is 5.26 Å². The lowest BCUT2D eigenvalue weighted by Gasteiger charge is -2.13. The molecular weight excluding hydrogens is 438 g/mol. The second kappa shape index (κ2) is 9.92. The summed E-state index contributed by atoms with van der Waals surface area (Å²) >= 11 is 0. The first-order chi connectivity index (χ1) is 15.7. The number of carbonyl (C=O) groups is 1. The van der Waals surface area contributed by atoms with E-state index in [1.165, 1.54) is 24.4 Å². The molecule has 2 aromatic carbocycles. The molecule has 172 valence electrons. The average molecular weight is 466 g/mol. The van der Waals surface area contributed by atoms with Crippen LogP contribution in [0.25, 0.3) is 10.9 Å². The van der Waals surface area contributed by atoms with E-state index >= 15 is 0 Å². The molecule has 0 aliphatic heterocycles. The van der Waals surface area contributed by atoms with Gasteiger partial charge in [-0.15, -0.1) is 0 Å². The zero-order valence-corrected chi connectivity index (χ0v) is 20.0. The van der Waals surface area contributed by atoms with Crippen molar-refractivity contribution in [1.82, 2.24) is 8.87 Å². The number of unbranched alkanes of at least 4 members (excludes halogenated alkanes) is 1. The van der Waals surface area contributed by atoms with Crippen LogP contribution in [-0.4, -0.2) is 43.8 Å². The summed E-state index contributed by atoms with van der Waals surface area (Å²) in [6, 6.07) is 14.8. The molecule has 0 aliphatic carbocycles. The fourth-order valence-electron chi connectivity index (χ4n) is 3.36. The van der Waals surface area contributed by atoms with Gasteiger partial charge >= 0.3 is 0 Å². The fraction of sp³-hybridized carbons (Fsp3) is 0.280. The minimum atomic E-state index is -4.11. The number of hydrogen-bond acceptors (Lipinski definition) is 6. The Labute approximate surface area is 194 Å². The van der Waals surface area contributed by atoms with Crippen molar-refractivity contribution in [3.63, 3.8) is 0 Å². The highest BCUT2D eigenvalue weighted by Gasteiger charge is 2.28. The first-order valence-corrected chi connectivity index (χ1v) is 12.1. The Kier molecular flexibility index (Phi) is 7.24. The Balaban J connectivity index is 2.24. The van der Waals surface area contributed by atoms with Crippen LogP contribution in [0, 0.1) is 18.3 Å². The van der Waals surface area contributed by atoms with Crippen LogP contribution in [0.1, 0.15) is 35.8 Å². The highest BCUT2D eigenvalue weighted by atomic mass is 32.2. The van der Waals surface area contributed by atoms with Crippen LogP contribution in [0.2, 0.25) is 0 Å². The third kappa shape index (κ3) is 5.10. The third-order valence-corrected chi connectivity index (χ3v) is 6.78. The van der Waals surface area contributed by atoms with Crippen LogP contribution in [0.3, 0.4) is 0 Å². The molecule has 0 atom stereocenters. The van der Waals surface area contributed by atoms with Gasteiger partial charge in [-0.3, -0.25) is 4.79 Å². The highest BCUT2D eigenvalue weighted by molar-refractivity contribution is 7.90. The number of Topliss-reactive ketones (excluding diaryl/α,β-unsaturated/α-hetero) is 1. The molecular formula is C25H27N3O4S. The van der Waals surface area contributed by atoms with Gasteiger partial charge in [0.2, 0.25) is 5.78 Å². The molecule has 7 nitrogen and oxygen atoms in total. The molecule has 0 N–H and O–H groups in total. The first kappa shape index (κ1) is 24.1. The van der Waals surface area contributed by atoms with E-state index in [0.717, 1.165) is 22.4 Å². The number of rotatable bonds is 9. The third-order valence-electron chi connectivity index (χ3n) is 5.04. The molecule has 0 amide bonds. The molecule has 1 heterocycles. The van der Waals surface area contributed by atoms with Crippen molar-refractivity contribution in [2.75, 3.05) is 20.7 Å². The van der Waals surface area contributed by atoms with Gasteiger partial charge in [-0.1, -0.05) is 31.0 Å². The number of carbonyl (C=O) groups excluding carboxylic acids is 1. The van der Waals surface area contributed by atoms with Crippen molar-refractivity contribution >= 4 is 26.7 Å². The number of allylic oxidation sites excluding steroid dienone is 1. The number of nitrogens with zero attached hydrogens (tertiary/aromatic N) is 3. The van der Waals surface area contributed by atoms with Gasteiger partial charge in [-0.05, 0) is 49.7 Å². The Morgan fingerprint density at radius 1 is 1.15 bits per heavy atom. The SMILES string of the molecule is CCCCOc1ccc2c(c1)cc(C(=O)/C(C#N)=C/N(C)C)n2S(=O)(=O)c1ccc(C)cc1. The molecule has 1 aromatic heterocycles. The Hall–Kier alpha value is -3.57. The van der Waals surface area contributed by atoms with Crippen LogP contribution in [0.4, 0.5) is 0 Å². The molecule has 3 aromatic rings. The minimum Gasteiger partial charge on any atom is -0.494 e. The molecule has 0 saturated carbocycles. The van der Waals surface area contributed by atoms with Gasteiger partial charge in [0.15, 0.2) is 0 Å². The summed E-state index contributed by atoms with van der Waals surface area (Å²) in [7, 11) is -0.747. The van der Waals surface area contributed by atoms with E-state index in [0.29, 0.717) is 23.3 Å². The molecule has 0 saturated heterocycles. The number of aryl methyl sites for hydroxylation is 1. The summed E-state index contributed by atoms with van der Waals surface area (Å²) < 4.78 is 34.1. The molecule has 0 radical (unpaired) electrons. The molecule has 0 fully saturated rings. The standard InChI is InChI=1S/C25H27N3O4S/c1-5-6-13-32-21-9-12-23-19(14-21)15-24(25(29)20(16-26)17-27(3)4)28(23)33(30,31)22-10-7-18(2)8-11-22/h7-12,14-15,17H,5-6,13H2,1-4H3/b20-17+. The second-order valence-electron chi connectivity index (χ2n) is 7.98. The van der Waals surface area contributed by atoms with Crippen molar-refractivity contribution in [1.29, 1.82) is 5.26 Å². The van der Waals surface area contributed by atoms with Crippen molar-refractivity contribution in [3.8, 4) is 11.8 Å². The van der Waals surface area contributed by atoms with Crippen molar-refractivity contribution in [2.45, 2.75) is 31.6 Å². The normalized spacial score (nSPS) is 11.9. The Morgan fingerprint density at radius 3 is 2.45 bits per heavy atom. The van der Waals surface area contributed by atoms with E-state index in [1.54, 1.807) is 49.3 Å². The molecule has 3 rings (SSSR count). The lowest BCUT2D eigenvalue weighted by Crippen LogP contribution is -2.20. The summed E-state index contributed by atoms with van der Waals surface area (Å²) in [4.78, 5) is 14.9. The lowest BCUT2D eigenvalue weighted by molar-refractivity contribution is 0.103. The summed E-state index contributed by atoms with van der Waals surface area (Å²) in [6.45, 7) is 4.47. The van der Waals surface area contributed by atoms with E-state index in [-0.39, 0.29) is 16.2 Å². The van der Waals surface area contributed by atoms with Crippen molar-refractivity contribution < 1.29 is 17.9 Å². The van der Waals surface area contributed by atoms with Crippen LogP contribution >= 0.6 is 0 Å². The number of aromatic nitrogens is 1. The number of ether oxygens (including phenoxy) is 1. The maximum absolute atomic E-state index is 13.6. The molecule has 0 unspecified atom stereocenters. The molecule has 0 spiro atoms. The largest absolute Gasteiger partial charge is 0.494 e.